The van der Waals surface area contributed by atoms with Crippen LogP contribution in [0.1, 0.15) is 29.9 Å². The number of nitrogens with one attached hydrogen (secondary N) is 1. The van der Waals surface area contributed by atoms with Crippen molar-refractivity contribution in [1.29, 1.82) is 0 Å². The average Bonchev–Trinajstić information content (AvgIpc) is 3.07. The van der Waals surface area contributed by atoms with Crippen LogP contribution in [-0.2, 0) is 24.2 Å². The summed E-state index contributed by atoms with van der Waals surface area (Å²) in [6.07, 6.45) is 1.75. The Morgan fingerprint density at radius 3 is 2.76 bits per heavy atom. The number of halogens is 1. The van der Waals surface area contributed by atoms with Crippen molar-refractivity contribution in [2.45, 2.75) is 39.3 Å². The molecular formula is C20H25FN2OS. The molecule has 0 radical (unpaired) electrons. The van der Waals surface area contributed by atoms with Crippen LogP contribution in [0.3, 0.4) is 0 Å². The molecule has 1 amide bonds. The monoisotopic (exact) mass is 360 g/mol. The lowest BCUT2D eigenvalue weighted by atomic mass is 9.96. The fourth-order valence-electron chi connectivity index (χ4n) is 3.21. The Morgan fingerprint density at radius 1 is 1.28 bits per heavy atom. The van der Waals surface area contributed by atoms with E-state index in [1.807, 2.05) is 17.0 Å². The Morgan fingerprint density at radius 2 is 2.04 bits per heavy atom. The summed E-state index contributed by atoms with van der Waals surface area (Å²) in [5, 5.41) is 5.52. The number of amides is 1. The molecule has 0 bridgehead atoms. The zero-order chi connectivity index (χ0) is 17.8. The zero-order valence-electron chi connectivity index (χ0n) is 14.8. The predicted molar refractivity (Wildman–Crippen MR) is 100 cm³/mol. The molecule has 0 saturated carbocycles. The lowest BCUT2D eigenvalue weighted by molar-refractivity contribution is -0.131. The lowest BCUT2D eigenvalue weighted by Gasteiger charge is -2.29. The minimum atomic E-state index is -0.217. The number of nitrogens with zero attached hydrogens (tertiary/aromatic N) is 1. The SMILES string of the molecule is CC(C)[C@@H](Cc1ccc(F)cc1)NCC(=O)N1CCc2sccc2C1. The van der Waals surface area contributed by atoms with Crippen LogP contribution in [0.15, 0.2) is 35.7 Å². The minimum Gasteiger partial charge on any atom is -0.337 e. The second kappa shape index (κ2) is 8.11. The van der Waals surface area contributed by atoms with Crippen molar-refractivity contribution < 1.29 is 9.18 Å². The smallest absolute Gasteiger partial charge is 0.236 e. The maximum Gasteiger partial charge on any atom is 0.236 e. The van der Waals surface area contributed by atoms with Gasteiger partial charge in [0.05, 0.1) is 6.54 Å². The quantitative estimate of drug-likeness (QED) is 0.853. The van der Waals surface area contributed by atoms with Crippen LogP contribution < -0.4 is 5.32 Å². The molecule has 1 N–H and O–H groups in total. The molecule has 1 aromatic heterocycles. The van der Waals surface area contributed by atoms with Gasteiger partial charge in [0, 0.05) is 24.0 Å². The number of thiophene rings is 1. The molecule has 25 heavy (non-hydrogen) atoms. The van der Waals surface area contributed by atoms with Gasteiger partial charge in [-0.05, 0) is 53.5 Å². The summed E-state index contributed by atoms with van der Waals surface area (Å²) in [6, 6.07) is 8.93. The van der Waals surface area contributed by atoms with Crippen molar-refractivity contribution in [2.24, 2.45) is 5.92 Å². The number of hydrogen-bond acceptors (Lipinski definition) is 3. The van der Waals surface area contributed by atoms with Gasteiger partial charge in [-0.25, -0.2) is 4.39 Å². The van der Waals surface area contributed by atoms with E-state index in [2.05, 4.69) is 30.6 Å². The second-order valence-corrected chi connectivity index (χ2v) is 8.00. The first-order valence-electron chi connectivity index (χ1n) is 8.84. The van der Waals surface area contributed by atoms with Gasteiger partial charge in [0.25, 0.3) is 0 Å². The molecule has 0 aliphatic carbocycles. The second-order valence-electron chi connectivity index (χ2n) is 7.00. The number of benzene rings is 1. The van der Waals surface area contributed by atoms with Crippen LogP contribution in [0.5, 0.6) is 0 Å². The zero-order valence-corrected chi connectivity index (χ0v) is 15.6. The molecular weight excluding hydrogens is 335 g/mol. The Labute approximate surface area is 152 Å². The topological polar surface area (TPSA) is 32.3 Å². The lowest BCUT2D eigenvalue weighted by Crippen LogP contribution is -2.45. The van der Waals surface area contributed by atoms with Gasteiger partial charge in [-0.2, -0.15) is 0 Å². The molecule has 3 rings (SSSR count). The first kappa shape index (κ1) is 18.1. The summed E-state index contributed by atoms with van der Waals surface area (Å²) >= 11 is 1.78. The van der Waals surface area contributed by atoms with Crippen molar-refractivity contribution in [3.63, 3.8) is 0 Å². The van der Waals surface area contributed by atoms with E-state index in [4.69, 9.17) is 0 Å². The van der Waals surface area contributed by atoms with Gasteiger partial charge in [0.15, 0.2) is 0 Å². The summed E-state index contributed by atoms with van der Waals surface area (Å²) in [6.45, 7) is 6.17. The maximum absolute atomic E-state index is 13.1. The first-order chi connectivity index (χ1) is 12.0. The summed E-state index contributed by atoms with van der Waals surface area (Å²) < 4.78 is 13.1. The van der Waals surface area contributed by atoms with E-state index in [9.17, 15) is 9.18 Å². The van der Waals surface area contributed by atoms with Crippen LogP contribution in [0, 0.1) is 11.7 Å². The summed E-state index contributed by atoms with van der Waals surface area (Å²) in [5.41, 5.74) is 2.37. The molecule has 5 heteroatoms. The summed E-state index contributed by atoms with van der Waals surface area (Å²) in [5.74, 6) is 0.329. The van der Waals surface area contributed by atoms with Gasteiger partial charge in [-0.3, -0.25) is 4.79 Å². The van der Waals surface area contributed by atoms with Crippen molar-refractivity contribution >= 4 is 17.2 Å². The molecule has 0 unspecified atom stereocenters. The van der Waals surface area contributed by atoms with E-state index >= 15 is 0 Å². The van der Waals surface area contributed by atoms with Crippen molar-refractivity contribution in [3.8, 4) is 0 Å². The van der Waals surface area contributed by atoms with E-state index < -0.39 is 0 Å². The van der Waals surface area contributed by atoms with Crippen molar-refractivity contribution in [1.82, 2.24) is 10.2 Å². The number of hydrogen-bond donors (Lipinski definition) is 1. The van der Waals surface area contributed by atoms with E-state index in [-0.39, 0.29) is 17.8 Å². The van der Waals surface area contributed by atoms with Gasteiger partial charge < -0.3 is 10.2 Å². The van der Waals surface area contributed by atoms with E-state index in [1.165, 1.54) is 22.6 Å². The predicted octanol–water partition coefficient (Wildman–Crippen LogP) is 3.63. The number of fused-ring (bicyclic) bond motifs is 1. The Balaban J connectivity index is 1.54. The molecule has 2 heterocycles. The maximum atomic E-state index is 13.1. The molecule has 134 valence electrons. The third kappa shape index (κ3) is 4.67. The Kier molecular flexibility index (Phi) is 5.86. The summed E-state index contributed by atoms with van der Waals surface area (Å²) in [4.78, 5) is 15.9. The molecule has 0 fully saturated rings. The fourth-order valence-corrected chi connectivity index (χ4v) is 4.10. The molecule has 0 saturated heterocycles. The highest BCUT2D eigenvalue weighted by molar-refractivity contribution is 7.10. The van der Waals surface area contributed by atoms with Crippen LogP contribution in [0.25, 0.3) is 0 Å². The van der Waals surface area contributed by atoms with E-state index in [0.29, 0.717) is 12.5 Å². The average molecular weight is 360 g/mol. The molecule has 0 spiro atoms. The van der Waals surface area contributed by atoms with Gasteiger partial charge in [-0.1, -0.05) is 26.0 Å². The van der Waals surface area contributed by atoms with Gasteiger partial charge in [0.1, 0.15) is 5.82 Å². The third-order valence-electron chi connectivity index (χ3n) is 4.85. The number of carbonyl (C=O) groups is 1. The van der Waals surface area contributed by atoms with E-state index in [0.717, 1.165) is 31.5 Å². The van der Waals surface area contributed by atoms with Crippen LogP contribution >= 0.6 is 11.3 Å². The van der Waals surface area contributed by atoms with Crippen LogP contribution in [0.2, 0.25) is 0 Å². The molecule has 1 aliphatic heterocycles. The highest BCUT2D eigenvalue weighted by atomic mass is 32.1. The molecule has 2 aromatic rings. The first-order valence-corrected chi connectivity index (χ1v) is 9.71. The number of rotatable bonds is 6. The molecule has 1 aromatic carbocycles. The Hall–Kier alpha value is -1.72. The van der Waals surface area contributed by atoms with Crippen molar-refractivity contribution in [3.05, 3.63) is 57.5 Å². The van der Waals surface area contributed by atoms with Crippen molar-refractivity contribution in [2.75, 3.05) is 13.1 Å². The molecule has 1 atom stereocenters. The normalized spacial score (nSPS) is 15.3. The van der Waals surface area contributed by atoms with Gasteiger partial charge >= 0.3 is 0 Å². The summed E-state index contributed by atoms with van der Waals surface area (Å²) in [7, 11) is 0. The molecule has 1 aliphatic rings. The highest BCUT2D eigenvalue weighted by Gasteiger charge is 2.22. The Bertz CT molecular complexity index is 711. The molecule has 3 nitrogen and oxygen atoms in total. The minimum absolute atomic E-state index is 0.154. The largest absolute Gasteiger partial charge is 0.337 e. The van der Waals surface area contributed by atoms with Gasteiger partial charge in [-0.15, -0.1) is 11.3 Å². The van der Waals surface area contributed by atoms with Crippen LogP contribution in [0.4, 0.5) is 4.39 Å². The highest BCUT2D eigenvalue weighted by Crippen LogP contribution is 2.24. The van der Waals surface area contributed by atoms with Gasteiger partial charge in [0.2, 0.25) is 5.91 Å². The van der Waals surface area contributed by atoms with Crippen LogP contribution in [-0.4, -0.2) is 29.9 Å². The standard InChI is InChI=1S/C20H25FN2OS/c1-14(2)18(11-15-3-5-17(21)6-4-15)22-12-20(24)23-9-7-19-16(13-23)8-10-25-19/h3-6,8,10,14,18,22H,7,9,11-13H2,1-2H3/t18-/m1/s1. The van der Waals surface area contributed by atoms with E-state index in [1.54, 1.807) is 11.3 Å². The number of carbonyl (C=O) groups excluding carboxylic acids is 1. The third-order valence-corrected chi connectivity index (χ3v) is 5.87. The fraction of sp³-hybridized carbons (Fsp3) is 0.450.